The molecule has 0 bridgehead atoms. The molecule has 4 aliphatic rings. The van der Waals surface area contributed by atoms with Crippen LogP contribution in [-0.2, 0) is 15.0 Å². The molecule has 3 fully saturated rings. The van der Waals surface area contributed by atoms with Crippen molar-refractivity contribution in [3.63, 3.8) is 0 Å². The number of carbonyl (C=O) groups excluding carboxylic acids is 2. The first kappa shape index (κ1) is 33.4. The zero-order valence-electron chi connectivity index (χ0n) is 28.0. The highest BCUT2D eigenvalue weighted by molar-refractivity contribution is 6.31. The molecule has 2 aromatic rings. The molecule has 9 heteroatoms. The van der Waals surface area contributed by atoms with Crippen LogP contribution < -0.4 is 0 Å². The fourth-order valence-corrected chi connectivity index (χ4v) is 8.93. The van der Waals surface area contributed by atoms with Crippen LogP contribution in [0.5, 0.6) is 0 Å². The molecule has 1 spiro atoms. The second-order valence-electron chi connectivity index (χ2n) is 15.9. The van der Waals surface area contributed by atoms with Gasteiger partial charge in [0.2, 0.25) is 11.8 Å². The summed E-state index contributed by atoms with van der Waals surface area (Å²) in [6.07, 6.45) is 2.43. The number of nitrogens with zero attached hydrogens (tertiary/aromatic N) is 3. The smallest absolute Gasteiger partial charge is 0.228 e. The van der Waals surface area contributed by atoms with E-state index in [2.05, 4.69) is 37.8 Å². The Kier molecular flexibility index (Phi) is 8.59. The summed E-state index contributed by atoms with van der Waals surface area (Å²) >= 11 is 6.73. The molecule has 0 saturated carbocycles. The number of amides is 2. The van der Waals surface area contributed by atoms with E-state index in [4.69, 9.17) is 11.6 Å². The maximum atomic E-state index is 15.1. The topological polar surface area (TPSA) is 64.1 Å². The SMILES string of the molecule is Cc1cc2c(cc1Cl)C1(CCN(C(=O)[C@@H]3CN(C(C)(C)C)C[C@H]3c3ccc(F)cc3F)CC1)C[C@@H]2C(C)(C)C(=O)N1CC[C@H](O)C1. The number of rotatable bonds is 4. The first-order valence-corrected chi connectivity index (χ1v) is 17.2. The van der Waals surface area contributed by atoms with E-state index in [9.17, 15) is 19.1 Å². The Morgan fingerprint density at radius 3 is 2.24 bits per heavy atom. The van der Waals surface area contributed by atoms with Crippen LogP contribution in [0.1, 0.15) is 94.4 Å². The minimum Gasteiger partial charge on any atom is -0.391 e. The van der Waals surface area contributed by atoms with Crippen molar-refractivity contribution in [2.24, 2.45) is 11.3 Å². The zero-order chi connectivity index (χ0) is 33.3. The van der Waals surface area contributed by atoms with Crippen LogP contribution in [0.15, 0.2) is 30.3 Å². The van der Waals surface area contributed by atoms with E-state index in [0.717, 1.165) is 30.9 Å². The number of benzene rings is 2. The number of likely N-dealkylation sites (tertiary alicyclic amines) is 3. The molecule has 1 aliphatic carbocycles. The second kappa shape index (κ2) is 11.9. The van der Waals surface area contributed by atoms with Crippen LogP contribution in [-0.4, -0.2) is 82.5 Å². The maximum Gasteiger partial charge on any atom is 0.228 e. The number of carbonyl (C=O) groups is 2. The highest BCUT2D eigenvalue weighted by Gasteiger charge is 2.54. The van der Waals surface area contributed by atoms with Crippen molar-refractivity contribution in [2.45, 2.75) is 96.1 Å². The normalized spacial score (nSPS) is 26.7. The third-order valence-electron chi connectivity index (χ3n) is 11.7. The molecule has 3 heterocycles. The van der Waals surface area contributed by atoms with Gasteiger partial charge in [-0.15, -0.1) is 0 Å². The summed E-state index contributed by atoms with van der Waals surface area (Å²) in [5, 5.41) is 10.8. The molecule has 3 saturated heterocycles. The molecule has 2 aromatic carbocycles. The summed E-state index contributed by atoms with van der Waals surface area (Å²) in [7, 11) is 0. The highest BCUT2D eigenvalue weighted by Crippen LogP contribution is 2.58. The van der Waals surface area contributed by atoms with E-state index >= 15 is 4.39 Å². The monoisotopic (exact) mass is 655 g/mol. The van der Waals surface area contributed by atoms with Crippen molar-refractivity contribution in [1.29, 1.82) is 0 Å². The third-order valence-corrected chi connectivity index (χ3v) is 12.1. The number of hydrogen-bond acceptors (Lipinski definition) is 4. The van der Waals surface area contributed by atoms with Crippen molar-refractivity contribution in [1.82, 2.24) is 14.7 Å². The number of halogens is 3. The van der Waals surface area contributed by atoms with Gasteiger partial charge in [0.1, 0.15) is 11.6 Å². The van der Waals surface area contributed by atoms with Crippen molar-refractivity contribution < 1.29 is 23.5 Å². The molecule has 6 rings (SSSR count). The largest absolute Gasteiger partial charge is 0.391 e. The minimum absolute atomic E-state index is 0.0213. The molecule has 0 unspecified atom stereocenters. The quantitative estimate of drug-likeness (QED) is 0.414. The van der Waals surface area contributed by atoms with Gasteiger partial charge in [0.25, 0.3) is 0 Å². The molecule has 0 aromatic heterocycles. The van der Waals surface area contributed by atoms with E-state index in [1.54, 1.807) is 0 Å². The maximum absolute atomic E-state index is 15.1. The Bertz CT molecular complexity index is 1530. The van der Waals surface area contributed by atoms with E-state index < -0.39 is 29.1 Å². The molecule has 4 atom stereocenters. The van der Waals surface area contributed by atoms with E-state index in [0.29, 0.717) is 56.3 Å². The lowest BCUT2D eigenvalue weighted by atomic mass is 9.69. The lowest BCUT2D eigenvalue weighted by molar-refractivity contribution is -0.141. The summed E-state index contributed by atoms with van der Waals surface area (Å²) in [4.78, 5) is 34.2. The third kappa shape index (κ3) is 5.77. The number of hydrogen-bond donors (Lipinski definition) is 1. The summed E-state index contributed by atoms with van der Waals surface area (Å²) in [5.41, 5.74) is 2.65. The number of β-amino-alcohol motifs (C(OH)–C–C–N with tert-alkyl or cyclic N) is 1. The first-order valence-electron chi connectivity index (χ1n) is 16.8. The lowest BCUT2D eigenvalue weighted by Gasteiger charge is -2.42. The number of fused-ring (bicyclic) bond motifs is 2. The van der Waals surface area contributed by atoms with E-state index in [1.807, 2.05) is 30.6 Å². The first-order chi connectivity index (χ1) is 21.5. The molecular weight excluding hydrogens is 608 g/mol. The Morgan fingerprint density at radius 1 is 0.935 bits per heavy atom. The van der Waals surface area contributed by atoms with Crippen molar-refractivity contribution in [2.75, 3.05) is 39.3 Å². The Balaban J connectivity index is 1.25. The fraction of sp³-hybridized carbons (Fsp3) is 0.622. The fourth-order valence-electron chi connectivity index (χ4n) is 8.77. The van der Waals surface area contributed by atoms with Gasteiger partial charge in [-0.25, -0.2) is 8.78 Å². The van der Waals surface area contributed by atoms with Crippen LogP contribution in [0, 0.1) is 29.9 Å². The Labute approximate surface area is 277 Å². The molecule has 6 nitrogen and oxygen atoms in total. The van der Waals surface area contributed by atoms with Crippen molar-refractivity contribution in [3.05, 3.63) is 69.2 Å². The summed E-state index contributed by atoms with van der Waals surface area (Å²) in [6.45, 7) is 15.5. The van der Waals surface area contributed by atoms with Crippen LogP contribution in [0.25, 0.3) is 0 Å². The standard InChI is InChI=1S/C37H48ClF2N3O3/c1-22-15-26-29(17-31(22)38)37(18-30(26)36(5,6)34(46)42-12-9-24(44)19-42)10-13-41(14-11-37)33(45)28-21-43(35(2,3)4)20-27(28)25-8-7-23(39)16-32(25)40/h7-8,15-17,24,27-28,30,44H,9-14,18-21H2,1-6H3/t24-,27-,28+,30-/m0/s1. The van der Waals surface area contributed by atoms with Gasteiger partial charge in [0.05, 0.1) is 17.4 Å². The van der Waals surface area contributed by atoms with Gasteiger partial charge >= 0.3 is 0 Å². The van der Waals surface area contributed by atoms with Gasteiger partial charge in [0.15, 0.2) is 0 Å². The second-order valence-corrected chi connectivity index (χ2v) is 16.3. The number of piperidine rings is 1. The Morgan fingerprint density at radius 2 is 1.63 bits per heavy atom. The van der Waals surface area contributed by atoms with Gasteiger partial charge in [-0.2, -0.15) is 0 Å². The van der Waals surface area contributed by atoms with Crippen LogP contribution in [0.4, 0.5) is 8.78 Å². The van der Waals surface area contributed by atoms with Gasteiger partial charge < -0.3 is 14.9 Å². The molecular formula is C37H48ClF2N3O3. The van der Waals surface area contributed by atoms with Crippen LogP contribution >= 0.6 is 11.6 Å². The average molecular weight is 656 g/mol. The van der Waals surface area contributed by atoms with Gasteiger partial charge in [-0.3, -0.25) is 14.5 Å². The van der Waals surface area contributed by atoms with Gasteiger partial charge in [-0.1, -0.05) is 37.6 Å². The summed E-state index contributed by atoms with van der Waals surface area (Å²) < 4.78 is 28.9. The zero-order valence-corrected chi connectivity index (χ0v) is 28.8. The predicted molar refractivity (Wildman–Crippen MR) is 176 cm³/mol. The molecule has 0 radical (unpaired) electrons. The van der Waals surface area contributed by atoms with Crippen molar-refractivity contribution in [3.8, 4) is 0 Å². The molecule has 250 valence electrons. The van der Waals surface area contributed by atoms with Gasteiger partial charge in [0, 0.05) is 61.8 Å². The van der Waals surface area contributed by atoms with Gasteiger partial charge in [-0.05, 0) is 99.1 Å². The number of aliphatic hydroxyl groups excluding tert-OH is 1. The minimum atomic E-state index is -0.678. The average Bonchev–Trinajstić information content (AvgIpc) is 3.70. The Hall–Kier alpha value is -2.55. The number of aryl methyl sites for hydroxylation is 1. The molecule has 3 aliphatic heterocycles. The summed E-state index contributed by atoms with van der Waals surface area (Å²) in [5.74, 6) is -1.94. The molecule has 2 amide bonds. The van der Waals surface area contributed by atoms with Crippen LogP contribution in [0.3, 0.4) is 0 Å². The van der Waals surface area contributed by atoms with Crippen molar-refractivity contribution >= 4 is 23.4 Å². The summed E-state index contributed by atoms with van der Waals surface area (Å²) in [6, 6.07) is 7.95. The number of aliphatic hydroxyl groups is 1. The van der Waals surface area contributed by atoms with E-state index in [1.165, 1.54) is 23.3 Å². The molecule has 46 heavy (non-hydrogen) atoms. The highest BCUT2D eigenvalue weighted by atomic mass is 35.5. The predicted octanol–water partition coefficient (Wildman–Crippen LogP) is 6.41. The van der Waals surface area contributed by atoms with Crippen LogP contribution in [0.2, 0.25) is 5.02 Å². The lowest BCUT2D eigenvalue weighted by Crippen LogP contribution is -2.48. The van der Waals surface area contributed by atoms with E-state index in [-0.39, 0.29) is 34.6 Å². The molecule has 1 N–H and O–H groups in total.